The molecule has 0 aliphatic heterocycles. The molecule has 0 aromatic heterocycles. The first-order valence-corrected chi connectivity index (χ1v) is 18.0. The molecule has 0 bridgehead atoms. The molecule has 8 aromatic carbocycles. The molecular weight excluding hydrogens is 629 g/mol. The van der Waals surface area contributed by atoms with Crippen LogP contribution in [0.5, 0.6) is 0 Å². The second-order valence-electron chi connectivity index (χ2n) is 14.4. The maximum absolute atomic E-state index is 2.35. The minimum Gasteiger partial charge on any atom is -0.310 e. The highest BCUT2D eigenvalue weighted by Crippen LogP contribution is 2.38. The second kappa shape index (κ2) is 14.1. The van der Waals surface area contributed by atoms with Crippen LogP contribution in [0.3, 0.4) is 0 Å². The third-order valence-electron chi connectivity index (χ3n) is 9.76. The number of nitrogens with zero attached hydrogens (tertiary/aromatic N) is 2. The Kier molecular flexibility index (Phi) is 8.89. The van der Waals surface area contributed by atoms with Gasteiger partial charge in [0, 0.05) is 34.1 Å². The van der Waals surface area contributed by atoms with Crippen molar-refractivity contribution in [2.45, 2.75) is 26.2 Å². The van der Waals surface area contributed by atoms with E-state index >= 15 is 0 Å². The highest BCUT2D eigenvalue weighted by atomic mass is 15.1. The number of hydrogen-bond acceptors (Lipinski definition) is 2. The maximum atomic E-state index is 2.35. The Labute approximate surface area is 307 Å². The van der Waals surface area contributed by atoms with Crippen LogP contribution in [0.25, 0.3) is 33.7 Å². The topological polar surface area (TPSA) is 6.48 Å². The van der Waals surface area contributed by atoms with Crippen molar-refractivity contribution in [1.29, 1.82) is 0 Å². The molecule has 2 nitrogen and oxygen atoms in total. The number of hydrogen-bond donors (Lipinski definition) is 0. The zero-order valence-corrected chi connectivity index (χ0v) is 29.9. The van der Waals surface area contributed by atoms with Gasteiger partial charge in [0.2, 0.25) is 0 Å². The molecule has 2 heteroatoms. The van der Waals surface area contributed by atoms with E-state index in [0.717, 1.165) is 45.3 Å². The number of para-hydroxylation sites is 1. The lowest BCUT2D eigenvalue weighted by Crippen LogP contribution is -2.13. The summed E-state index contributed by atoms with van der Waals surface area (Å²) in [6.45, 7) is 6.78. The van der Waals surface area contributed by atoms with Crippen molar-refractivity contribution in [3.63, 3.8) is 0 Å². The van der Waals surface area contributed by atoms with Crippen LogP contribution in [-0.4, -0.2) is 0 Å². The summed E-state index contributed by atoms with van der Waals surface area (Å²) in [5.74, 6) is 0. The van der Waals surface area contributed by atoms with Crippen molar-refractivity contribution in [2.24, 2.45) is 0 Å². The molecule has 0 atom stereocenters. The Balaban J connectivity index is 1.06. The predicted octanol–water partition coefficient (Wildman–Crippen LogP) is 14.4. The molecule has 8 aromatic rings. The van der Waals surface area contributed by atoms with E-state index < -0.39 is 0 Å². The second-order valence-corrected chi connectivity index (χ2v) is 14.4. The minimum atomic E-state index is 0.0963. The lowest BCUT2D eigenvalue weighted by molar-refractivity contribution is 0.590. The maximum Gasteiger partial charge on any atom is 0.0468 e. The smallest absolute Gasteiger partial charge is 0.0468 e. The molecule has 0 amide bonds. The Bertz CT molecular complexity index is 2470. The number of benzene rings is 8. The molecule has 0 saturated carbocycles. The van der Waals surface area contributed by atoms with Gasteiger partial charge in [0.05, 0.1) is 0 Å². The number of anilines is 6. The van der Waals surface area contributed by atoms with Crippen molar-refractivity contribution in [3.8, 4) is 0 Å². The highest BCUT2D eigenvalue weighted by Gasteiger charge is 2.17. The standard InChI is InChI=1S/C50H42N2/c1-50(2,3)43-25-33-47(34-26-43)52(49-32-24-40-12-8-10-14-42(40)36-49)46-29-21-38(22-30-46)18-17-37-19-27-45(28-20-37)51(44-15-5-4-6-16-44)48-31-23-39-11-7-9-13-41(39)35-48/h4-36H,1-3H3. The van der Waals surface area contributed by atoms with Gasteiger partial charge in [-0.1, -0.05) is 148 Å². The van der Waals surface area contributed by atoms with E-state index in [9.17, 15) is 0 Å². The van der Waals surface area contributed by atoms with E-state index in [1.165, 1.54) is 27.1 Å². The van der Waals surface area contributed by atoms with Crippen LogP contribution in [0.15, 0.2) is 188 Å². The van der Waals surface area contributed by atoms with E-state index in [1.807, 2.05) is 0 Å². The molecule has 0 aliphatic rings. The third kappa shape index (κ3) is 6.97. The molecule has 0 heterocycles. The molecule has 252 valence electrons. The summed E-state index contributed by atoms with van der Waals surface area (Å²) in [7, 11) is 0. The number of fused-ring (bicyclic) bond motifs is 2. The van der Waals surface area contributed by atoms with Crippen LogP contribution in [0.1, 0.15) is 37.5 Å². The third-order valence-corrected chi connectivity index (χ3v) is 9.76. The first-order valence-electron chi connectivity index (χ1n) is 18.0. The van der Waals surface area contributed by atoms with Crippen LogP contribution in [-0.2, 0) is 5.41 Å². The summed E-state index contributed by atoms with van der Waals surface area (Å²) < 4.78 is 0. The Morgan fingerprint density at radius 3 is 1.10 bits per heavy atom. The van der Waals surface area contributed by atoms with E-state index in [1.54, 1.807) is 0 Å². The van der Waals surface area contributed by atoms with Crippen molar-refractivity contribution >= 4 is 67.8 Å². The zero-order chi connectivity index (χ0) is 35.5. The van der Waals surface area contributed by atoms with Gasteiger partial charge in [-0.25, -0.2) is 0 Å². The van der Waals surface area contributed by atoms with Gasteiger partial charge in [-0.05, 0) is 116 Å². The van der Waals surface area contributed by atoms with Gasteiger partial charge in [0.25, 0.3) is 0 Å². The van der Waals surface area contributed by atoms with Gasteiger partial charge in [-0.15, -0.1) is 0 Å². The number of rotatable bonds is 8. The zero-order valence-electron chi connectivity index (χ0n) is 29.9. The van der Waals surface area contributed by atoms with Gasteiger partial charge < -0.3 is 9.80 Å². The van der Waals surface area contributed by atoms with Crippen LogP contribution in [0.4, 0.5) is 34.1 Å². The average Bonchev–Trinajstić information content (AvgIpc) is 3.18. The summed E-state index contributed by atoms with van der Waals surface area (Å²) in [5.41, 5.74) is 10.5. The van der Waals surface area contributed by atoms with Crippen molar-refractivity contribution < 1.29 is 0 Å². The van der Waals surface area contributed by atoms with Crippen LogP contribution in [0, 0.1) is 0 Å². The summed E-state index contributed by atoms with van der Waals surface area (Å²) >= 11 is 0. The van der Waals surface area contributed by atoms with E-state index in [0.29, 0.717) is 0 Å². The van der Waals surface area contributed by atoms with Crippen molar-refractivity contribution in [2.75, 3.05) is 9.80 Å². The SMILES string of the molecule is CC(C)(C)c1ccc(N(c2ccc(C=Cc3ccc(N(c4ccccc4)c4ccc5ccccc5c4)cc3)cc2)c2ccc3ccccc3c2)cc1. The molecule has 52 heavy (non-hydrogen) atoms. The molecule has 0 radical (unpaired) electrons. The normalized spacial score (nSPS) is 11.7. The van der Waals surface area contributed by atoms with Crippen molar-refractivity contribution in [3.05, 3.63) is 205 Å². The highest BCUT2D eigenvalue weighted by molar-refractivity contribution is 5.91. The average molecular weight is 671 g/mol. The summed E-state index contributed by atoms with van der Waals surface area (Å²) in [6, 6.07) is 67.7. The van der Waals surface area contributed by atoms with Gasteiger partial charge >= 0.3 is 0 Å². The van der Waals surface area contributed by atoms with Crippen molar-refractivity contribution in [1.82, 2.24) is 0 Å². The fourth-order valence-corrected chi connectivity index (χ4v) is 6.88. The van der Waals surface area contributed by atoms with E-state index in [2.05, 4.69) is 231 Å². The van der Waals surface area contributed by atoms with Gasteiger partial charge in [-0.2, -0.15) is 0 Å². The Morgan fingerprint density at radius 2 is 0.673 bits per heavy atom. The molecule has 0 fully saturated rings. The molecular formula is C50H42N2. The molecule has 0 saturated heterocycles. The van der Waals surface area contributed by atoms with Gasteiger partial charge in [-0.3, -0.25) is 0 Å². The fourth-order valence-electron chi connectivity index (χ4n) is 6.88. The first-order chi connectivity index (χ1) is 25.4. The molecule has 8 rings (SSSR count). The van der Waals surface area contributed by atoms with Crippen LogP contribution in [0.2, 0.25) is 0 Å². The molecule has 0 spiro atoms. The lowest BCUT2D eigenvalue weighted by Gasteiger charge is -2.27. The molecule has 0 N–H and O–H groups in total. The summed E-state index contributed by atoms with van der Waals surface area (Å²) in [5, 5.41) is 4.93. The summed E-state index contributed by atoms with van der Waals surface area (Å²) in [6.07, 6.45) is 4.38. The molecule has 0 aliphatic carbocycles. The van der Waals surface area contributed by atoms with Crippen LogP contribution >= 0.6 is 0 Å². The van der Waals surface area contributed by atoms with Crippen LogP contribution < -0.4 is 9.80 Å². The Hall–Kier alpha value is -6.38. The lowest BCUT2D eigenvalue weighted by atomic mass is 9.87. The summed E-state index contributed by atoms with van der Waals surface area (Å²) in [4.78, 5) is 4.66. The minimum absolute atomic E-state index is 0.0963. The molecule has 0 unspecified atom stereocenters. The van der Waals surface area contributed by atoms with Gasteiger partial charge in [0.15, 0.2) is 0 Å². The van der Waals surface area contributed by atoms with Gasteiger partial charge in [0.1, 0.15) is 0 Å². The Morgan fingerprint density at radius 1 is 0.327 bits per heavy atom. The fraction of sp³-hybridized carbons (Fsp3) is 0.0800. The quantitative estimate of drug-likeness (QED) is 0.148. The van der Waals surface area contributed by atoms with E-state index in [-0.39, 0.29) is 5.41 Å². The first kappa shape index (κ1) is 32.8. The van der Waals surface area contributed by atoms with E-state index in [4.69, 9.17) is 0 Å². The largest absolute Gasteiger partial charge is 0.310 e. The predicted molar refractivity (Wildman–Crippen MR) is 225 cm³/mol. The monoisotopic (exact) mass is 670 g/mol.